The lowest BCUT2D eigenvalue weighted by Gasteiger charge is -2.20. The molecule has 1 aromatic rings. The molecule has 0 saturated heterocycles. The predicted molar refractivity (Wildman–Crippen MR) is 78.4 cm³/mol. The third-order valence-corrected chi connectivity index (χ3v) is 3.12. The highest BCUT2D eigenvalue weighted by molar-refractivity contribution is 6.20. The van der Waals surface area contributed by atoms with Gasteiger partial charge in [-0.1, -0.05) is 18.2 Å². The van der Waals surface area contributed by atoms with Crippen molar-refractivity contribution >= 4 is 24.0 Å². The highest BCUT2D eigenvalue weighted by atomic mass is 35.5. The zero-order chi connectivity index (χ0) is 14.6. The molecule has 0 aliphatic carbocycles. The van der Waals surface area contributed by atoms with Gasteiger partial charge in [0.1, 0.15) is 0 Å². The van der Waals surface area contributed by atoms with Crippen molar-refractivity contribution in [2.24, 2.45) is 5.73 Å². The summed E-state index contributed by atoms with van der Waals surface area (Å²) >= 11 is 6.14. The molecule has 0 fully saturated rings. The van der Waals surface area contributed by atoms with E-state index in [1.165, 1.54) is 6.07 Å². The largest absolute Gasteiger partial charge is 0.416 e. The molecular weight excluding hydrogens is 312 g/mol. The molecule has 2 unspecified atom stereocenters. The van der Waals surface area contributed by atoms with Crippen LogP contribution in [0, 0.1) is 0 Å². The zero-order valence-corrected chi connectivity index (χ0v) is 12.9. The van der Waals surface area contributed by atoms with Gasteiger partial charge >= 0.3 is 6.18 Å². The standard InChI is InChI=1S/C13H18ClF3N2.ClH/c1-19(2)8-11(18)7-12(14)9-4-3-5-10(6-9)13(15,16)17;/h3-6,11-12H,7-8,18H2,1-2H3;1H. The number of benzene rings is 1. The number of nitrogens with zero attached hydrogens (tertiary/aromatic N) is 1. The highest BCUT2D eigenvalue weighted by Gasteiger charge is 2.30. The molecule has 0 radical (unpaired) electrons. The van der Waals surface area contributed by atoms with E-state index < -0.39 is 17.1 Å². The summed E-state index contributed by atoms with van der Waals surface area (Å²) in [6.07, 6.45) is -3.92. The molecule has 0 aromatic heterocycles. The maximum absolute atomic E-state index is 12.6. The topological polar surface area (TPSA) is 29.3 Å². The fraction of sp³-hybridized carbons (Fsp3) is 0.538. The van der Waals surface area contributed by atoms with Gasteiger partial charge in [0.05, 0.1) is 10.9 Å². The van der Waals surface area contributed by atoms with Crippen molar-refractivity contribution in [2.45, 2.75) is 24.0 Å². The molecule has 0 bridgehead atoms. The average molecular weight is 331 g/mol. The molecule has 0 saturated carbocycles. The van der Waals surface area contributed by atoms with Crippen LogP contribution in [0.2, 0.25) is 0 Å². The van der Waals surface area contributed by atoms with Gasteiger partial charge in [-0.25, -0.2) is 0 Å². The van der Waals surface area contributed by atoms with Crippen molar-refractivity contribution in [3.05, 3.63) is 35.4 Å². The van der Waals surface area contributed by atoms with E-state index in [0.717, 1.165) is 12.1 Å². The second-order valence-electron chi connectivity index (χ2n) is 4.85. The lowest BCUT2D eigenvalue weighted by molar-refractivity contribution is -0.137. The first-order valence-electron chi connectivity index (χ1n) is 5.91. The quantitative estimate of drug-likeness (QED) is 0.834. The Morgan fingerprint density at radius 1 is 1.30 bits per heavy atom. The zero-order valence-electron chi connectivity index (χ0n) is 11.3. The van der Waals surface area contributed by atoms with E-state index in [0.29, 0.717) is 18.5 Å². The third-order valence-electron chi connectivity index (χ3n) is 2.68. The molecule has 0 heterocycles. The maximum Gasteiger partial charge on any atom is 0.416 e. The molecule has 7 heteroatoms. The van der Waals surface area contributed by atoms with Gasteiger partial charge in [-0.15, -0.1) is 24.0 Å². The Morgan fingerprint density at radius 2 is 1.90 bits per heavy atom. The molecule has 0 aliphatic rings. The first kappa shape index (κ1) is 19.5. The fourth-order valence-electron chi connectivity index (χ4n) is 1.86. The van der Waals surface area contributed by atoms with Crippen molar-refractivity contribution in [2.75, 3.05) is 20.6 Å². The van der Waals surface area contributed by atoms with Gasteiger partial charge in [-0.2, -0.15) is 13.2 Å². The Labute approximate surface area is 128 Å². The molecule has 2 N–H and O–H groups in total. The van der Waals surface area contributed by atoms with Crippen molar-refractivity contribution < 1.29 is 13.2 Å². The third kappa shape index (κ3) is 6.31. The number of halogens is 5. The van der Waals surface area contributed by atoms with Gasteiger partial charge in [0.15, 0.2) is 0 Å². The van der Waals surface area contributed by atoms with E-state index in [1.54, 1.807) is 6.07 Å². The van der Waals surface area contributed by atoms with Crippen LogP contribution in [0.1, 0.15) is 22.9 Å². The normalized spacial score (nSPS) is 14.8. The van der Waals surface area contributed by atoms with E-state index in [9.17, 15) is 13.2 Å². The molecule has 1 rings (SSSR count). The number of alkyl halides is 4. The Balaban J connectivity index is 0.00000361. The van der Waals surface area contributed by atoms with E-state index in [1.807, 2.05) is 19.0 Å². The molecule has 0 amide bonds. The SMILES string of the molecule is CN(C)CC(N)CC(Cl)c1cccc(C(F)(F)F)c1.Cl. The van der Waals surface area contributed by atoms with E-state index in [2.05, 4.69) is 0 Å². The smallest absolute Gasteiger partial charge is 0.326 e. The molecule has 2 nitrogen and oxygen atoms in total. The van der Waals surface area contributed by atoms with Crippen molar-refractivity contribution in [3.63, 3.8) is 0 Å². The summed E-state index contributed by atoms with van der Waals surface area (Å²) in [6.45, 7) is 0.641. The van der Waals surface area contributed by atoms with Crippen LogP contribution in [0.25, 0.3) is 0 Å². The number of likely N-dealkylation sites (N-methyl/N-ethyl adjacent to an activating group) is 1. The van der Waals surface area contributed by atoms with Gasteiger partial charge in [0, 0.05) is 12.6 Å². The summed E-state index contributed by atoms with van der Waals surface area (Å²) in [5.74, 6) is 0. The van der Waals surface area contributed by atoms with E-state index >= 15 is 0 Å². The molecular formula is C13H19Cl2F3N2. The number of hydrogen-bond donors (Lipinski definition) is 1. The van der Waals surface area contributed by atoms with Crippen molar-refractivity contribution in [3.8, 4) is 0 Å². The Hall–Kier alpha value is -0.490. The van der Waals surface area contributed by atoms with Crippen molar-refractivity contribution in [1.82, 2.24) is 4.90 Å². The number of nitrogens with two attached hydrogens (primary N) is 1. The molecule has 2 atom stereocenters. The lowest BCUT2D eigenvalue weighted by atomic mass is 10.0. The van der Waals surface area contributed by atoms with Crippen LogP contribution in [-0.2, 0) is 6.18 Å². The second kappa shape index (κ2) is 8.08. The predicted octanol–water partition coefficient (Wildman–Crippen LogP) is 3.69. The van der Waals surface area contributed by atoms with Crippen LogP contribution in [0.15, 0.2) is 24.3 Å². The Kier molecular flexibility index (Phi) is 7.88. The van der Waals surface area contributed by atoms with Gasteiger partial charge < -0.3 is 10.6 Å². The van der Waals surface area contributed by atoms with Crippen molar-refractivity contribution in [1.29, 1.82) is 0 Å². The minimum atomic E-state index is -4.35. The average Bonchev–Trinajstić information content (AvgIpc) is 2.26. The molecule has 0 aliphatic heterocycles. The molecule has 20 heavy (non-hydrogen) atoms. The van der Waals surface area contributed by atoms with Crippen LogP contribution in [0.5, 0.6) is 0 Å². The summed E-state index contributed by atoms with van der Waals surface area (Å²) in [4.78, 5) is 1.92. The van der Waals surface area contributed by atoms with Gasteiger partial charge in [-0.3, -0.25) is 0 Å². The molecule has 116 valence electrons. The van der Waals surface area contributed by atoms with Crippen LogP contribution in [0.4, 0.5) is 13.2 Å². The van der Waals surface area contributed by atoms with Gasteiger partial charge in [-0.05, 0) is 32.1 Å². The summed E-state index contributed by atoms with van der Waals surface area (Å²) in [5, 5.41) is -0.516. The summed E-state index contributed by atoms with van der Waals surface area (Å²) in [7, 11) is 3.76. The molecule has 0 spiro atoms. The Morgan fingerprint density at radius 3 is 2.40 bits per heavy atom. The Bertz CT molecular complexity index is 411. The minimum Gasteiger partial charge on any atom is -0.326 e. The van der Waals surface area contributed by atoms with E-state index in [4.69, 9.17) is 17.3 Å². The van der Waals surface area contributed by atoms with Crippen LogP contribution in [-0.4, -0.2) is 31.6 Å². The van der Waals surface area contributed by atoms with Crippen LogP contribution in [0.3, 0.4) is 0 Å². The minimum absolute atomic E-state index is 0. The fourth-order valence-corrected chi connectivity index (χ4v) is 2.22. The first-order chi connectivity index (χ1) is 8.70. The maximum atomic E-state index is 12.6. The second-order valence-corrected chi connectivity index (χ2v) is 5.38. The highest BCUT2D eigenvalue weighted by Crippen LogP contribution is 2.33. The van der Waals surface area contributed by atoms with Crippen LogP contribution < -0.4 is 5.73 Å². The lowest BCUT2D eigenvalue weighted by Crippen LogP contribution is -2.33. The summed E-state index contributed by atoms with van der Waals surface area (Å²) in [5.41, 5.74) is 5.65. The monoisotopic (exact) mass is 330 g/mol. The number of rotatable bonds is 5. The summed E-state index contributed by atoms with van der Waals surface area (Å²) in [6, 6.07) is 4.90. The number of hydrogen-bond acceptors (Lipinski definition) is 2. The van der Waals surface area contributed by atoms with Gasteiger partial charge in [0.2, 0.25) is 0 Å². The summed E-state index contributed by atoms with van der Waals surface area (Å²) < 4.78 is 37.8. The van der Waals surface area contributed by atoms with E-state index in [-0.39, 0.29) is 18.4 Å². The van der Waals surface area contributed by atoms with Crippen LogP contribution >= 0.6 is 24.0 Å². The first-order valence-corrected chi connectivity index (χ1v) is 6.35. The van der Waals surface area contributed by atoms with Gasteiger partial charge in [0.25, 0.3) is 0 Å². The molecule has 1 aromatic carbocycles.